The van der Waals surface area contributed by atoms with Gasteiger partial charge in [0.15, 0.2) is 0 Å². The van der Waals surface area contributed by atoms with Crippen molar-refractivity contribution in [3.63, 3.8) is 0 Å². The minimum Gasteiger partial charge on any atom is -0.481 e. The van der Waals surface area contributed by atoms with E-state index in [2.05, 4.69) is 10.5 Å². The van der Waals surface area contributed by atoms with Crippen LogP contribution in [0.3, 0.4) is 0 Å². The van der Waals surface area contributed by atoms with Crippen molar-refractivity contribution in [2.24, 2.45) is 0 Å². The number of ether oxygens (including phenoxy) is 1. The second kappa shape index (κ2) is 5.18. The molecule has 1 heterocycles. The summed E-state index contributed by atoms with van der Waals surface area (Å²) in [5.74, 6) is 0.153. The zero-order chi connectivity index (χ0) is 10.4. The summed E-state index contributed by atoms with van der Waals surface area (Å²) in [6.07, 6.45) is 1.42. The Labute approximate surface area is 82.0 Å². The Kier molecular flexibility index (Phi) is 3.87. The Morgan fingerprint density at radius 3 is 2.86 bits per heavy atom. The van der Waals surface area contributed by atoms with Crippen molar-refractivity contribution < 1.29 is 14.4 Å². The SMILES string of the molecule is CCONC(=O)c1ccc(OC)nc1. The van der Waals surface area contributed by atoms with Crippen molar-refractivity contribution in [1.29, 1.82) is 0 Å². The Morgan fingerprint density at radius 2 is 2.36 bits per heavy atom. The molecule has 0 radical (unpaired) electrons. The fourth-order valence-electron chi connectivity index (χ4n) is 0.832. The molecule has 0 aromatic carbocycles. The molecule has 1 aromatic rings. The molecule has 5 nitrogen and oxygen atoms in total. The van der Waals surface area contributed by atoms with Gasteiger partial charge < -0.3 is 4.74 Å². The molecular formula is C9H12N2O3. The summed E-state index contributed by atoms with van der Waals surface area (Å²) in [6, 6.07) is 3.22. The number of nitrogens with one attached hydrogen (secondary N) is 1. The number of hydroxylamine groups is 1. The van der Waals surface area contributed by atoms with Crippen LogP contribution >= 0.6 is 0 Å². The minimum atomic E-state index is -0.318. The second-order valence-corrected chi connectivity index (χ2v) is 2.45. The highest BCUT2D eigenvalue weighted by atomic mass is 16.6. The van der Waals surface area contributed by atoms with Gasteiger partial charge in [0.25, 0.3) is 5.91 Å². The van der Waals surface area contributed by atoms with Gasteiger partial charge in [0, 0.05) is 12.3 Å². The zero-order valence-electron chi connectivity index (χ0n) is 8.11. The highest BCUT2D eigenvalue weighted by molar-refractivity contribution is 5.93. The molecule has 0 saturated carbocycles. The van der Waals surface area contributed by atoms with E-state index in [4.69, 9.17) is 9.57 Å². The maximum atomic E-state index is 11.3. The first-order chi connectivity index (χ1) is 6.77. The molecule has 0 aliphatic rings. The van der Waals surface area contributed by atoms with Crippen molar-refractivity contribution in [1.82, 2.24) is 10.5 Å². The number of nitrogens with zero attached hydrogens (tertiary/aromatic N) is 1. The van der Waals surface area contributed by atoms with Gasteiger partial charge in [-0.15, -0.1) is 0 Å². The molecule has 0 aliphatic heterocycles. The Balaban J connectivity index is 2.62. The van der Waals surface area contributed by atoms with E-state index < -0.39 is 0 Å². The lowest BCUT2D eigenvalue weighted by Gasteiger charge is -2.03. The number of hydrogen-bond donors (Lipinski definition) is 1. The van der Waals surface area contributed by atoms with E-state index >= 15 is 0 Å². The van der Waals surface area contributed by atoms with E-state index in [9.17, 15) is 4.79 Å². The van der Waals surface area contributed by atoms with Crippen LogP contribution in [0.5, 0.6) is 5.88 Å². The number of hydrogen-bond acceptors (Lipinski definition) is 4. The van der Waals surface area contributed by atoms with Crippen LogP contribution < -0.4 is 10.2 Å². The topological polar surface area (TPSA) is 60.5 Å². The number of methoxy groups -OCH3 is 1. The number of rotatable bonds is 4. The zero-order valence-corrected chi connectivity index (χ0v) is 8.11. The number of amides is 1. The largest absolute Gasteiger partial charge is 0.481 e. The monoisotopic (exact) mass is 196 g/mol. The maximum Gasteiger partial charge on any atom is 0.276 e. The third-order valence-electron chi connectivity index (χ3n) is 1.52. The highest BCUT2D eigenvalue weighted by Gasteiger charge is 2.05. The van der Waals surface area contributed by atoms with Crippen LogP contribution in [0.1, 0.15) is 17.3 Å². The van der Waals surface area contributed by atoms with Crippen molar-refractivity contribution in [2.75, 3.05) is 13.7 Å². The summed E-state index contributed by atoms with van der Waals surface area (Å²) in [7, 11) is 1.52. The molecule has 1 rings (SSSR count). The van der Waals surface area contributed by atoms with Crippen molar-refractivity contribution >= 4 is 5.91 Å². The summed E-state index contributed by atoms with van der Waals surface area (Å²) in [5, 5.41) is 0. The average molecular weight is 196 g/mol. The van der Waals surface area contributed by atoms with Crippen LogP contribution in [0.15, 0.2) is 18.3 Å². The standard InChI is InChI=1S/C9H12N2O3/c1-3-14-11-9(12)7-4-5-8(13-2)10-6-7/h4-6H,3H2,1-2H3,(H,11,12). The first kappa shape index (κ1) is 10.5. The molecule has 0 atom stereocenters. The lowest BCUT2D eigenvalue weighted by Crippen LogP contribution is -2.23. The lowest BCUT2D eigenvalue weighted by atomic mass is 10.3. The summed E-state index contributed by atoms with van der Waals surface area (Å²) in [5.41, 5.74) is 2.70. The van der Waals surface area contributed by atoms with Gasteiger partial charge in [-0.05, 0) is 13.0 Å². The predicted molar refractivity (Wildman–Crippen MR) is 49.9 cm³/mol. The van der Waals surface area contributed by atoms with E-state index in [-0.39, 0.29) is 5.91 Å². The fourth-order valence-corrected chi connectivity index (χ4v) is 0.832. The molecule has 0 spiro atoms. The Bertz CT molecular complexity index is 297. The van der Waals surface area contributed by atoms with Gasteiger partial charge in [0.05, 0.1) is 19.3 Å². The fraction of sp³-hybridized carbons (Fsp3) is 0.333. The van der Waals surface area contributed by atoms with Crippen LogP contribution in [0, 0.1) is 0 Å². The van der Waals surface area contributed by atoms with E-state index in [1.54, 1.807) is 19.1 Å². The molecule has 0 unspecified atom stereocenters. The van der Waals surface area contributed by atoms with Gasteiger partial charge in [0.2, 0.25) is 5.88 Å². The minimum absolute atomic E-state index is 0.318. The van der Waals surface area contributed by atoms with Gasteiger partial charge >= 0.3 is 0 Å². The molecule has 1 amide bonds. The van der Waals surface area contributed by atoms with Crippen molar-refractivity contribution in [3.05, 3.63) is 23.9 Å². The van der Waals surface area contributed by atoms with Gasteiger partial charge in [-0.25, -0.2) is 10.5 Å². The highest BCUT2D eigenvalue weighted by Crippen LogP contribution is 2.06. The number of pyridine rings is 1. The van der Waals surface area contributed by atoms with Crippen LogP contribution in [0.2, 0.25) is 0 Å². The molecule has 14 heavy (non-hydrogen) atoms. The van der Waals surface area contributed by atoms with Gasteiger partial charge in [-0.2, -0.15) is 0 Å². The third kappa shape index (κ3) is 2.70. The number of carbonyl (C=O) groups is 1. The van der Waals surface area contributed by atoms with E-state index in [1.807, 2.05) is 0 Å². The van der Waals surface area contributed by atoms with Crippen LogP contribution in [0.25, 0.3) is 0 Å². The van der Waals surface area contributed by atoms with Gasteiger partial charge in [-0.3, -0.25) is 9.63 Å². The predicted octanol–water partition coefficient (Wildman–Crippen LogP) is 0.772. The van der Waals surface area contributed by atoms with Gasteiger partial charge in [-0.1, -0.05) is 0 Å². The molecule has 76 valence electrons. The molecule has 0 aliphatic carbocycles. The van der Waals surface area contributed by atoms with E-state index in [1.165, 1.54) is 13.3 Å². The Morgan fingerprint density at radius 1 is 1.57 bits per heavy atom. The first-order valence-corrected chi connectivity index (χ1v) is 4.20. The number of carbonyl (C=O) groups excluding carboxylic acids is 1. The van der Waals surface area contributed by atoms with Crippen LogP contribution in [-0.2, 0) is 4.84 Å². The number of aromatic nitrogens is 1. The summed E-state index contributed by atoms with van der Waals surface area (Å²) < 4.78 is 4.86. The maximum absolute atomic E-state index is 11.3. The molecule has 0 bridgehead atoms. The van der Waals surface area contributed by atoms with Crippen molar-refractivity contribution in [3.8, 4) is 5.88 Å². The molecule has 0 fully saturated rings. The van der Waals surface area contributed by atoms with Crippen LogP contribution in [0.4, 0.5) is 0 Å². The molecule has 0 saturated heterocycles. The Hall–Kier alpha value is -1.62. The third-order valence-corrected chi connectivity index (χ3v) is 1.52. The first-order valence-electron chi connectivity index (χ1n) is 4.20. The smallest absolute Gasteiger partial charge is 0.276 e. The van der Waals surface area contributed by atoms with E-state index in [0.717, 1.165) is 0 Å². The lowest BCUT2D eigenvalue weighted by molar-refractivity contribution is 0.0364. The van der Waals surface area contributed by atoms with Gasteiger partial charge in [0.1, 0.15) is 0 Å². The van der Waals surface area contributed by atoms with Crippen molar-refractivity contribution in [2.45, 2.75) is 6.92 Å². The second-order valence-electron chi connectivity index (χ2n) is 2.45. The molecule has 1 aromatic heterocycles. The molecule has 1 N–H and O–H groups in total. The summed E-state index contributed by atoms with van der Waals surface area (Å²) >= 11 is 0. The van der Waals surface area contributed by atoms with E-state index in [0.29, 0.717) is 18.1 Å². The normalized spacial score (nSPS) is 9.57. The molecular weight excluding hydrogens is 184 g/mol. The van der Waals surface area contributed by atoms with Crippen LogP contribution in [-0.4, -0.2) is 24.6 Å². The average Bonchev–Trinajstić information content (AvgIpc) is 2.26. The molecule has 5 heteroatoms. The quantitative estimate of drug-likeness (QED) is 0.722. The summed E-state index contributed by atoms with van der Waals surface area (Å²) in [4.78, 5) is 19.9. The summed E-state index contributed by atoms with van der Waals surface area (Å²) in [6.45, 7) is 2.21.